The van der Waals surface area contributed by atoms with E-state index in [2.05, 4.69) is 15.5 Å². The van der Waals surface area contributed by atoms with Gasteiger partial charge in [-0.25, -0.2) is 4.79 Å². The van der Waals surface area contributed by atoms with Crippen molar-refractivity contribution in [1.29, 1.82) is 0 Å². The summed E-state index contributed by atoms with van der Waals surface area (Å²) in [4.78, 5) is 22.8. The monoisotopic (exact) mass is 273 g/mol. The van der Waals surface area contributed by atoms with E-state index >= 15 is 0 Å². The second-order valence-electron chi connectivity index (χ2n) is 4.51. The van der Waals surface area contributed by atoms with Crippen molar-refractivity contribution in [2.45, 2.75) is 33.2 Å². The van der Waals surface area contributed by atoms with Crippen LogP contribution in [-0.2, 0) is 4.79 Å². The van der Waals surface area contributed by atoms with Crippen LogP contribution >= 0.6 is 11.6 Å². The van der Waals surface area contributed by atoms with Crippen LogP contribution in [0.4, 0.5) is 0 Å². The van der Waals surface area contributed by atoms with Gasteiger partial charge in [0.25, 0.3) is 5.91 Å². The number of amides is 1. The fourth-order valence-corrected chi connectivity index (χ4v) is 1.66. The largest absolute Gasteiger partial charge is 0.480 e. The van der Waals surface area contributed by atoms with Gasteiger partial charge in [0, 0.05) is 0 Å². The third kappa shape index (κ3) is 3.46. The van der Waals surface area contributed by atoms with Crippen molar-refractivity contribution in [3.8, 4) is 0 Å². The molecule has 1 rings (SSSR count). The van der Waals surface area contributed by atoms with Crippen molar-refractivity contribution in [3.05, 3.63) is 16.4 Å². The molecule has 1 atom stereocenters. The van der Waals surface area contributed by atoms with Gasteiger partial charge in [-0.15, -0.1) is 0 Å². The van der Waals surface area contributed by atoms with Crippen molar-refractivity contribution in [2.75, 3.05) is 0 Å². The number of aromatic nitrogens is 2. The van der Waals surface area contributed by atoms with Gasteiger partial charge in [-0.3, -0.25) is 9.89 Å². The summed E-state index contributed by atoms with van der Waals surface area (Å²) >= 11 is 5.87. The number of nitrogens with zero attached hydrogens (tertiary/aromatic N) is 1. The summed E-state index contributed by atoms with van der Waals surface area (Å²) in [5.41, 5.74) is 0.585. The fraction of sp³-hybridized carbons (Fsp3) is 0.545. The topological polar surface area (TPSA) is 95.1 Å². The summed E-state index contributed by atoms with van der Waals surface area (Å²) in [6.45, 7) is 5.44. The first-order valence-electron chi connectivity index (χ1n) is 5.57. The van der Waals surface area contributed by atoms with Gasteiger partial charge in [-0.2, -0.15) is 5.10 Å². The van der Waals surface area contributed by atoms with Gasteiger partial charge in [-0.05, 0) is 19.3 Å². The predicted molar refractivity (Wildman–Crippen MR) is 66.7 cm³/mol. The van der Waals surface area contributed by atoms with Crippen LogP contribution in [0.15, 0.2) is 0 Å². The lowest BCUT2D eigenvalue weighted by molar-refractivity contribution is -0.139. The van der Waals surface area contributed by atoms with Gasteiger partial charge in [0.2, 0.25) is 0 Å². The molecule has 7 heteroatoms. The first-order chi connectivity index (χ1) is 8.32. The average Bonchev–Trinajstić information content (AvgIpc) is 2.58. The minimum Gasteiger partial charge on any atom is -0.480 e. The second kappa shape index (κ2) is 5.86. The first kappa shape index (κ1) is 14.5. The van der Waals surface area contributed by atoms with Gasteiger partial charge in [0.1, 0.15) is 6.04 Å². The molecule has 0 aliphatic carbocycles. The highest BCUT2D eigenvalue weighted by molar-refractivity contribution is 6.34. The number of nitrogens with one attached hydrogen (secondary N) is 2. The number of aryl methyl sites for hydroxylation is 1. The number of halogens is 1. The van der Waals surface area contributed by atoms with E-state index in [0.717, 1.165) is 0 Å². The number of carbonyl (C=O) groups is 2. The van der Waals surface area contributed by atoms with E-state index in [1.165, 1.54) is 0 Å². The Labute approximate surface area is 110 Å². The Morgan fingerprint density at radius 2 is 2.11 bits per heavy atom. The molecule has 1 unspecified atom stereocenters. The number of hydrogen-bond acceptors (Lipinski definition) is 3. The third-order valence-corrected chi connectivity index (χ3v) is 2.86. The zero-order chi connectivity index (χ0) is 13.9. The van der Waals surface area contributed by atoms with E-state index in [4.69, 9.17) is 16.7 Å². The predicted octanol–water partition coefficient (Wildman–Crippen LogP) is 1.60. The number of H-pyrrole nitrogens is 1. The van der Waals surface area contributed by atoms with E-state index in [0.29, 0.717) is 12.1 Å². The zero-order valence-corrected chi connectivity index (χ0v) is 11.2. The van der Waals surface area contributed by atoms with Crippen LogP contribution in [0.25, 0.3) is 0 Å². The van der Waals surface area contributed by atoms with Gasteiger partial charge in [-0.1, -0.05) is 25.4 Å². The second-order valence-corrected chi connectivity index (χ2v) is 4.88. The van der Waals surface area contributed by atoms with Crippen LogP contribution in [0.2, 0.25) is 5.02 Å². The lowest BCUT2D eigenvalue weighted by Crippen LogP contribution is -2.41. The lowest BCUT2D eigenvalue weighted by atomic mass is 10.0. The van der Waals surface area contributed by atoms with Gasteiger partial charge in [0.05, 0.1) is 10.7 Å². The molecule has 100 valence electrons. The Morgan fingerprint density at radius 1 is 1.50 bits per heavy atom. The molecular weight excluding hydrogens is 258 g/mol. The summed E-state index contributed by atoms with van der Waals surface area (Å²) in [5, 5.41) is 18.0. The molecule has 0 fully saturated rings. The molecule has 0 aliphatic rings. The first-order valence-corrected chi connectivity index (χ1v) is 5.94. The molecule has 18 heavy (non-hydrogen) atoms. The molecule has 0 saturated carbocycles. The maximum Gasteiger partial charge on any atom is 0.326 e. The summed E-state index contributed by atoms with van der Waals surface area (Å²) in [6.07, 6.45) is 0.349. The number of hydrogen-bond donors (Lipinski definition) is 3. The van der Waals surface area contributed by atoms with Crippen LogP contribution in [0, 0.1) is 12.8 Å². The normalized spacial score (nSPS) is 12.5. The molecular formula is C11H16ClN3O3. The number of aliphatic carboxylic acids is 1. The molecule has 1 amide bonds. The van der Waals surface area contributed by atoms with Gasteiger partial charge < -0.3 is 10.4 Å². The number of carboxylic acid groups (broad SMARTS) is 1. The molecule has 0 aromatic carbocycles. The third-order valence-electron chi connectivity index (χ3n) is 2.40. The fourth-order valence-electron chi connectivity index (χ4n) is 1.49. The number of aromatic amines is 1. The Bertz CT molecular complexity index is 456. The van der Waals surface area contributed by atoms with E-state index in [-0.39, 0.29) is 16.6 Å². The van der Waals surface area contributed by atoms with Crippen LogP contribution < -0.4 is 5.32 Å². The SMILES string of the molecule is Cc1[nH]nc(C(=O)NC(CC(C)C)C(=O)O)c1Cl. The maximum absolute atomic E-state index is 11.8. The van der Waals surface area contributed by atoms with Crippen molar-refractivity contribution in [1.82, 2.24) is 15.5 Å². The molecule has 6 nitrogen and oxygen atoms in total. The summed E-state index contributed by atoms with van der Waals surface area (Å²) in [6, 6.07) is -0.939. The highest BCUT2D eigenvalue weighted by Crippen LogP contribution is 2.17. The number of carbonyl (C=O) groups excluding carboxylic acids is 1. The Hall–Kier alpha value is -1.56. The van der Waals surface area contributed by atoms with Crippen LogP contribution in [0.3, 0.4) is 0 Å². The zero-order valence-electron chi connectivity index (χ0n) is 10.5. The molecule has 0 radical (unpaired) electrons. The Kier molecular flexibility index (Phi) is 4.72. The standard InChI is InChI=1S/C11H16ClN3O3/c1-5(2)4-7(11(17)18)13-10(16)9-8(12)6(3)14-15-9/h5,7H,4H2,1-3H3,(H,13,16)(H,14,15)(H,17,18). The molecule has 1 aromatic rings. The highest BCUT2D eigenvalue weighted by Gasteiger charge is 2.24. The van der Waals surface area contributed by atoms with E-state index in [1.54, 1.807) is 6.92 Å². The van der Waals surface area contributed by atoms with Crippen molar-refractivity contribution in [3.63, 3.8) is 0 Å². The molecule has 1 aromatic heterocycles. The smallest absolute Gasteiger partial charge is 0.326 e. The highest BCUT2D eigenvalue weighted by atomic mass is 35.5. The Morgan fingerprint density at radius 3 is 2.50 bits per heavy atom. The van der Waals surface area contributed by atoms with Crippen LogP contribution in [0.5, 0.6) is 0 Å². The summed E-state index contributed by atoms with van der Waals surface area (Å²) in [7, 11) is 0. The molecule has 0 saturated heterocycles. The van der Waals surface area contributed by atoms with Crippen molar-refractivity contribution < 1.29 is 14.7 Å². The number of rotatable bonds is 5. The maximum atomic E-state index is 11.8. The Balaban J connectivity index is 2.79. The molecule has 0 bridgehead atoms. The lowest BCUT2D eigenvalue weighted by Gasteiger charge is -2.15. The van der Waals surface area contributed by atoms with Gasteiger partial charge >= 0.3 is 5.97 Å². The minimum absolute atomic E-state index is 0.0178. The van der Waals surface area contributed by atoms with E-state index in [9.17, 15) is 9.59 Å². The van der Waals surface area contributed by atoms with E-state index in [1.807, 2.05) is 13.8 Å². The number of carboxylic acids is 1. The quantitative estimate of drug-likeness (QED) is 0.759. The van der Waals surface area contributed by atoms with Crippen LogP contribution in [-0.4, -0.2) is 33.2 Å². The molecule has 0 aliphatic heterocycles. The summed E-state index contributed by atoms with van der Waals surface area (Å²) in [5.74, 6) is -1.50. The molecule has 3 N–H and O–H groups in total. The molecule has 1 heterocycles. The van der Waals surface area contributed by atoms with Gasteiger partial charge in [0.15, 0.2) is 5.69 Å². The average molecular weight is 274 g/mol. The van der Waals surface area contributed by atoms with Crippen molar-refractivity contribution >= 4 is 23.5 Å². The van der Waals surface area contributed by atoms with Crippen LogP contribution in [0.1, 0.15) is 36.5 Å². The minimum atomic E-state index is -1.07. The van der Waals surface area contributed by atoms with Crippen molar-refractivity contribution in [2.24, 2.45) is 5.92 Å². The molecule has 0 spiro atoms. The summed E-state index contributed by atoms with van der Waals surface area (Å²) < 4.78 is 0. The van der Waals surface area contributed by atoms with E-state index < -0.39 is 17.9 Å².